The molecule has 1 aromatic heterocycles. The first-order chi connectivity index (χ1) is 14.5. The van der Waals surface area contributed by atoms with E-state index in [-0.39, 0.29) is 24.3 Å². The highest BCUT2D eigenvalue weighted by Crippen LogP contribution is 2.14. The number of anilines is 1. The molecule has 0 saturated carbocycles. The van der Waals surface area contributed by atoms with Gasteiger partial charge in [-0.05, 0) is 47.5 Å². The number of nitrogens with one attached hydrogen (secondary N) is 2. The van der Waals surface area contributed by atoms with E-state index in [1.807, 2.05) is 24.3 Å². The minimum absolute atomic E-state index is 0.107. The molecule has 2 amide bonds. The molecule has 0 fully saturated rings. The Bertz CT molecular complexity index is 974. The lowest BCUT2D eigenvalue weighted by molar-refractivity contribution is -0.120. The van der Waals surface area contributed by atoms with Gasteiger partial charge in [-0.2, -0.15) is 0 Å². The van der Waals surface area contributed by atoms with E-state index in [2.05, 4.69) is 15.6 Å². The zero-order valence-electron chi connectivity index (χ0n) is 16.7. The maximum Gasteiger partial charge on any atom is 0.255 e. The van der Waals surface area contributed by atoms with E-state index in [9.17, 15) is 9.59 Å². The molecule has 4 N–H and O–H groups in total. The van der Waals surface area contributed by atoms with Crippen LogP contribution in [0.4, 0.5) is 5.69 Å². The summed E-state index contributed by atoms with van der Waals surface area (Å²) >= 11 is 0. The van der Waals surface area contributed by atoms with Crippen molar-refractivity contribution < 1.29 is 14.3 Å². The molecule has 0 saturated heterocycles. The number of nitrogens with zero attached hydrogens (tertiary/aromatic N) is 1. The van der Waals surface area contributed by atoms with E-state index in [4.69, 9.17) is 10.5 Å². The molecule has 0 aliphatic heterocycles. The summed E-state index contributed by atoms with van der Waals surface area (Å²) in [4.78, 5) is 28.4. The first kappa shape index (κ1) is 21.0. The number of carbonyl (C=O) groups is 2. The zero-order chi connectivity index (χ0) is 21.3. The number of carbonyl (C=O) groups excluding carboxylic acids is 2. The van der Waals surface area contributed by atoms with Crippen molar-refractivity contribution in [2.75, 3.05) is 19.0 Å². The summed E-state index contributed by atoms with van der Waals surface area (Å²) < 4.78 is 5.11. The Hall–Kier alpha value is -3.71. The van der Waals surface area contributed by atoms with Crippen molar-refractivity contribution in [2.45, 2.75) is 12.5 Å². The van der Waals surface area contributed by atoms with Gasteiger partial charge in [0.05, 0.1) is 13.5 Å². The fourth-order valence-electron chi connectivity index (χ4n) is 2.85. The Morgan fingerprint density at radius 1 is 1.00 bits per heavy atom. The van der Waals surface area contributed by atoms with Crippen LogP contribution < -0.4 is 21.1 Å². The lowest BCUT2D eigenvalue weighted by atomic mass is 10.0. The normalized spacial score (nSPS) is 11.4. The molecule has 1 atom stereocenters. The maximum atomic E-state index is 12.3. The molecule has 2 aromatic carbocycles. The Labute approximate surface area is 175 Å². The van der Waals surface area contributed by atoms with E-state index in [1.54, 1.807) is 55.9 Å². The number of hydrogen-bond acceptors (Lipinski definition) is 5. The molecule has 3 rings (SSSR count). The van der Waals surface area contributed by atoms with Crippen LogP contribution in [-0.4, -0.2) is 30.5 Å². The van der Waals surface area contributed by atoms with Gasteiger partial charge in [-0.3, -0.25) is 14.6 Å². The fourth-order valence-corrected chi connectivity index (χ4v) is 2.85. The summed E-state index contributed by atoms with van der Waals surface area (Å²) in [5, 5.41) is 5.65. The highest BCUT2D eigenvalue weighted by molar-refractivity contribution is 6.04. The van der Waals surface area contributed by atoms with Crippen molar-refractivity contribution in [3.63, 3.8) is 0 Å². The number of hydrogen-bond donors (Lipinski definition) is 3. The minimum atomic E-state index is -0.373. The first-order valence-corrected chi connectivity index (χ1v) is 9.51. The van der Waals surface area contributed by atoms with Crippen molar-refractivity contribution >= 4 is 17.5 Å². The van der Waals surface area contributed by atoms with E-state index < -0.39 is 0 Å². The van der Waals surface area contributed by atoms with Gasteiger partial charge in [-0.25, -0.2) is 0 Å². The standard InChI is InChI=1S/C23H24N4O3/c1-30-20-8-2-16(3-9-20)14-22(28)26-15-21(24)17-4-6-18(7-5-17)23(29)27-19-10-12-25-13-11-19/h2-13,21H,14-15,24H2,1H3,(H,26,28)(H,25,27,29). The van der Waals surface area contributed by atoms with Gasteiger partial charge >= 0.3 is 0 Å². The van der Waals surface area contributed by atoms with Gasteiger partial charge < -0.3 is 21.1 Å². The second-order valence-corrected chi connectivity index (χ2v) is 6.75. The fraction of sp³-hybridized carbons (Fsp3) is 0.174. The van der Waals surface area contributed by atoms with Crippen LogP contribution in [0.25, 0.3) is 0 Å². The highest BCUT2D eigenvalue weighted by atomic mass is 16.5. The van der Waals surface area contributed by atoms with Gasteiger partial charge in [0.25, 0.3) is 5.91 Å². The van der Waals surface area contributed by atoms with E-state index in [1.165, 1.54) is 0 Å². The van der Waals surface area contributed by atoms with Crippen LogP contribution in [-0.2, 0) is 11.2 Å². The van der Waals surface area contributed by atoms with Gasteiger partial charge in [-0.1, -0.05) is 24.3 Å². The predicted molar refractivity (Wildman–Crippen MR) is 115 cm³/mol. The van der Waals surface area contributed by atoms with Gasteiger partial charge in [0, 0.05) is 36.2 Å². The molecule has 1 heterocycles. The Balaban J connectivity index is 1.49. The van der Waals surface area contributed by atoms with Crippen molar-refractivity contribution in [1.82, 2.24) is 10.3 Å². The average Bonchev–Trinajstić information content (AvgIpc) is 2.78. The number of amides is 2. The molecule has 0 aliphatic carbocycles. The van der Waals surface area contributed by atoms with Crippen molar-refractivity contribution in [1.29, 1.82) is 0 Å². The summed E-state index contributed by atoms with van der Waals surface area (Å²) in [7, 11) is 1.60. The van der Waals surface area contributed by atoms with Gasteiger partial charge in [0.2, 0.25) is 5.91 Å². The molecule has 0 bridgehead atoms. The third kappa shape index (κ3) is 5.89. The molecule has 0 spiro atoms. The molecule has 154 valence electrons. The van der Waals surface area contributed by atoms with Crippen LogP contribution in [0.15, 0.2) is 73.1 Å². The summed E-state index contributed by atoms with van der Waals surface area (Å²) in [6.07, 6.45) is 3.49. The monoisotopic (exact) mass is 404 g/mol. The van der Waals surface area contributed by atoms with Gasteiger partial charge in [-0.15, -0.1) is 0 Å². The highest BCUT2D eigenvalue weighted by Gasteiger charge is 2.11. The van der Waals surface area contributed by atoms with E-state index >= 15 is 0 Å². The molecule has 0 aliphatic rings. The SMILES string of the molecule is COc1ccc(CC(=O)NCC(N)c2ccc(C(=O)Nc3ccncc3)cc2)cc1. The smallest absolute Gasteiger partial charge is 0.255 e. The molecule has 1 unspecified atom stereocenters. The van der Waals surface area contributed by atoms with Crippen molar-refractivity contribution in [3.05, 3.63) is 89.7 Å². The molecule has 30 heavy (non-hydrogen) atoms. The second kappa shape index (κ2) is 10.2. The maximum absolute atomic E-state index is 12.3. The Morgan fingerprint density at radius 2 is 1.67 bits per heavy atom. The number of rotatable bonds is 8. The number of methoxy groups -OCH3 is 1. The molecule has 3 aromatic rings. The van der Waals surface area contributed by atoms with E-state index in [0.717, 1.165) is 16.9 Å². The quantitative estimate of drug-likeness (QED) is 0.535. The minimum Gasteiger partial charge on any atom is -0.497 e. The van der Waals surface area contributed by atoms with E-state index in [0.29, 0.717) is 17.8 Å². The van der Waals surface area contributed by atoms with Crippen molar-refractivity contribution in [2.24, 2.45) is 5.73 Å². The first-order valence-electron chi connectivity index (χ1n) is 9.51. The summed E-state index contributed by atoms with van der Waals surface area (Å²) in [6, 6.07) is 17.4. The third-order valence-electron chi connectivity index (χ3n) is 4.58. The second-order valence-electron chi connectivity index (χ2n) is 6.75. The number of aromatic nitrogens is 1. The van der Waals surface area contributed by atoms with Gasteiger partial charge in [0.15, 0.2) is 0 Å². The lowest BCUT2D eigenvalue weighted by Gasteiger charge is -2.14. The number of ether oxygens (including phenoxy) is 1. The predicted octanol–water partition coefficient (Wildman–Crippen LogP) is 2.70. The molecule has 7 heteroatoms. The Kier molecular flexibility index (Phi) is 7.13. The van der Waals surface area contributed by atoms with Gasteiger partial charge in [0.1, 0.15) is 5.75 Å². The summed E-state index contributed by atoms with van der Waals surface area (Å²) in [5.41, 5.74) is 9.11. The number of pyridine rings is 1. The topological polar surface area (TPSA) is 106 Å². The Morgan fingerprint density at radius 3 is 2.30 bits per heavy atom. The molecule has 0 radical (unpaired) electrons. The van der Waals surface area contributed by atoms with Crippen LogP contribution in [0.2, 0.25) is 0 Å². The molecule has 7 nitrogen and oxygen atoms in total. The van der Waals surface area contributed by atoms with Crippen LogP contribution in [0.3, 0.4) is 0 Å². The molecular formula is C23H24N4O3. The average molecular weight is 404 g/mol. The van der Waals surface area contributed by atoms with Crippen LogP contribution in [0.1, 0.15) is 27.5 Å². The summed E-state index contributed by atoms with van der Waals surface area (Å²) in [6.45, 7) is 0.303. The van der Waals surface area contributed by atoms with Crippen LogP contribution >= 0.6 is 0 Å². The third-order valence-corrected chi connectivity index (χ3v) is 4.58. The summed E-state index contributed by atoms with van der Waals surface area (Å²) in [5.74, 6) is 0.428. The van der Waals surface area contributed by atoms with Crippen LogP contribution in [0.5, 0.6) is 5.75 Å². The number of nitrogens with two attached hydrogens (primary N) is 1. The molecular weight excluding hydrogens is 380 g/mol. The van der Waals surface area contributed by atoms with Crippen molar-refractivity contribution in [3.8, 4) is 5.75 Å². The number of benzene rings is 2. The largest absolute Gasteiger partial charge is 0.497 e. The van der Waals surface area contributed by atoms with Crippen LogP contribution in [0, 0.1) is 0 Å². The lowest BCUT2D eigenvalue weighted by Crippen LogP contribution is -2.32. The zero-order valence-corrected chi connectivity index (χ0v) is 16.7.